The number of carbonyl (C=O) groups excluding carboxylic acids is 2. The number of ketones is 1. The summed E-state index contributed by atoms with van der Waals surface area (Å²) in [5.74, 6) is -0.149. The molecular formula is C23H21ClN2O6S. The van der Waals surface area contributed by atoms with E-state index in [1.54, 1.807) is 37.3 Å². The van der Waals surface area contributed by atoms with E-state index in [1.165, 1.54) is 43.5 Å². The maximum Gasteiger partial charge on any atom is 0.411 e. The first-order valence-electron chi connectivity index (χ1n) is 9.79. The van der Waals surface area contributed by atoms with Gasteiger partial charge in [-0.1, -0.05) is 41.9 Å². The highest BCUT2D eigenvalue weighted by atomic mass is 35.5. The minimum atomic E-state index is -4.15. The summed E-state index contributed by atoms with van der Waals surface area (Å²) in [4.78, 5) is 24.6. The summed E-state index contributed by atoms with van der Waals surface area (Å²) in [6.45, 7) is 1.78. The van der Waals surface area contributed by atoms with Crippen LogP contribution < -0.4 is 14.8 Å². The third-order valence-electron chi connectivity index (χ3n) is 4.50. The van der Waals surface area contributed by atoms with Gasteiger partial charge in [0.25, 0.3) is 10.0 Å². The van der Waals surface area contributed by atoms with Crippen molar-refractivity contribution in [3.05, 3.63) is 82.9 Å². The molecule has 3 aromatic rings. The number of hydrogen-bond acceptors (Lipinski definition) is 6. The van der Waals surface area contributed by atoms with E-state index < -0.39 is 21.9 Å². The lowest BCUT2D eigenvalue weighted by molar-refractivity contribution is 0.103. The van der Waals surface area contributed by atoms with E-state index in [-0.39, 0.29) is 39.2 Å². The molecule has 0 saturated heterocycles. The number of rotatable bonds is 8. The SMILES string of the molecule is CCOC(=O)Nc1cc(S(=O)(=O)Nc2ccc(Cl)cc2C(=O)c2ccccc2)ccc1OC. The van der Waals surface area contributed by atoms with Gasteiger partial charge < -0.3 is 9.47 Å². The Morgan fingerprint density at radius 3 is 2.36 bits per heavy atom. The second-order valence-corrected chi connectivity index (χ2v) is 8.82. The molecule has 8 nitrogen and oxygen atoms in total. The van der Waals surface area contributed by atoms with Crippen LogP contribution >= 0.6 is 11.6 Å². The minimum absolute atomic E-state index is 0.0592. The summed E-state index contributed by atoms with van der Waals surface area (Å²) in [5.41, 5.74) is 0.640. The number of ether oxygens (including phenoxy) is 2. The predicted molar refractivity (Wildman–Crippen MR) is 126 cm³/mol. The number of sulfonamides is 1. The Bertz CT molecular complexity index is 1280. The molecule has 2 N–H and O–H groups in total. The largest absolute Gasteiger partial charge is 0.495 e. The van der Waals surface area contributed by atoms with Gasteiger partial charge in [0.05, 0.1) is 30.0 Å². The van der Waals surface area contributed by atoms with Crippen LogP contribution in [0.3, 0.4) is 0 Å². The van der Waals surface area contributed by atoms with Gasteiger partial charge in [0.1, 0.15) is 5.75 Å². The van der Waals surface area contributed by atoms with Crippen LogP contribution in [-0.4, -0.2) is 34.0 Å². The van der Waals surface area contributed by atoms with Crippen LogP contribution in [0, 0.1) is 0 Å². The fourth-order valence-electron chi connectivity index (χ4n) is 2.97. The average molecular weight is 489 g/mol. The van der Waals surface area contributed by atoms with Gasteiger partial charge in [0.2, 0.25) is 0 Å². The maximum absolute atomic E-state index is 13.1. The molecule has 3 aromatic carbocycles. The number of nitrogens with one attached hydrogen (secondary N) is 2. The summed E-state index contributed by atoms with van der Waals surface area (Å²) in [5, 5.41) is 2.73. The van der Waals surface area contributed by atoms with Crippen LogP contribution in [0.2, 0.25) is 5.02 Å². The highest BCUT2D eigenvalue weighted by molar-refractivity contribution is 7.92. The molecular weight excluding hydrogens is 468 g/mol. The van der Waals surface area contributed by atoms with E-state index in [0.29, 0.717) is 5.56 Å². The Labute approximate surface area is 196 Å². The highest BCUT2D eigenvalue weighted by Crippen LogP contribution is 2.30. The number of anilines is 2. The molecule has 0 heterocycles. The van der Waals surface area contributed by atoms with Crippen molar-refractivity contribution in [2.75, 3.05) is 23.8 Å². The molecule has 172 valence electrons. The highest BCUT2D eigenvalue weighted by Gasteiger charge is 2.22. The third-order valence-corrected chi connectivity index (χ3v) is 6.10. The summed E-state index contributed by atoms with van der Waals surface area (Å²) in [7, 11) is -2.77. The van der Waals surface area contributed by atoms with Gasteiger partial charge in [-0.2, -0.15) is 0 Å². The molecule has 10 heteroatoms. The summed E-state index contributed by atoms with van der Waals surface area (Å²) < 4.78 is 38.7. The molecule has 0 aliphatic rings. The standard InChI is InChI=1S/C23H21ClN2O6S/c1-3-32-23(28)25-20-14-17(10-12-21(20)31-2)33(29,30)26-19-11-9-16(24)13-18(19)22(27)15-7-5-4-6-8-15/h4-14,26H,3H2,1-2H3,(H,25,28). The van der Waals surface area contributed by atoms with Crippen LogP contribution in [0.4, 0.5) is 16.2 Å². The van der Waals surface area contributed by atoms with Crippen molar-refractivity contribution in [1.29, 1.82) is 0 Å². The Hall–Kier alpha value is -3.56. The van der Waals surface area contributed by atoms with E-state index >= 15 is 0 Å². The fourth-order valence-corrected chi connectivity index (χ4v) is 4.25. The normalized spacial score (nSPS) is 10.9. The number of methoxy groups -OCH3 is 1. The van der Waals surface area contributed by atoms with E-state index in [9.17, 15) is 18.0 Å². The van der Waals surface area contributed by atoms with E-state index in [1.807, 2.05) is 0 Å². The average Bonchev–Trinajstić information content (AvgIpc) is 2.80. The number of hydrogen-bond donors (Lipinski definition) is 2. The molecule has 1 amide bonds. The molecule has 0 aliphatic heterocycles. The zero-order valence-electron chi connectivity index (χ0n) is 17.8. The summed E-state index contributed by atoms with van der Waals surface area (Å²) in [6, 6.07) is 16.7. The Morgan fingerprint density at radius 2 is 1.70 bits per heavy atom. The Balaban J connectivity index is 1.97. The number of carbonyl (C=O) groups is 2. The zero-order chi connectivity index (χ0) is 24.0. The molecule has 0 aliphatic carbocycles. The second kappa shape index (κ2) is 10.4. The number of benzene rings is 3. The van der Waals surface area contributed by atoms with Crippen LogP contribution in [0.1, 0.15) is 22.8 Å². The Kier molecular flexibility index (Phi) is 7.57. The molecule has 0 bridgehead atoms. The quantitative estimate of drug-likeness (QED) is 0.434. The van der Waals surface area contributed by atoms with Crippen molar-refractivity contribution in [3.8, 4) is 5.75 Å². The van der Waals surface area contributed by atoms with Gasteiger partial charge in [-0.3, -0.25) is 14.8 Å². The van der Waals surface area contributed by atoms with Crippen molar-refractivity contribution in [1.82, 2.24) is 0 Å². The number of halogens is 1. The summed E-state index contributed by atoms with van der Waals surface area (Å²) >= 11 is 6.07. The van der Waals surface area contributed by atoms with Crippen LogP contribution in [-0.2, 0) is 14.8 Å². The smallest absolute Gasteiger partial charge is 0.411 e. The number of amides is 1. The van der Waals surface area contributed by atoms with Gasteiger partial charge in [-0.25, -0.2) is 13.2 Å². The van der Waals surface area contributed by atoms with Crippen molar-refractivity contribution in [2.45, 2.75) is 11.8 Å². The van der Waals surface area contributed by atoms with E-state index in [0.717, 1.165) is 0 Å². The predicted octanol–water partition coefficient (Wildman–Crippen LogP) is 4.95. The molecule has 0 aromatic heterocycles. The second-order valence-electron chi connectivity index (χ2n) is 6.70. The molecule has 0 atom stereocenters. The molecule has 0 unspecified atom stereocenters. The van der Waals surface area contributed by atoms with E-state index in [4.69, 9.17) is 21.1 Å². The van der Waals surface area contributed by atoms with E-state index in [2.05, 4.69) is 10.0 Å². The lowest BCUT2D eigenvalue weighted by atomic mass is 10.0. The lowest BCUT2D eigenvalue weighted by Crippen LogP contribution is -2.17. The third kappa shape index (κ3) is 5.82. The first-order chi connectivity index (χ1) is 15.7. The fraction of sp³-hybridized carbons (Fsp3) is 0.130. The van der Waals surface area contributed by atoms with Gasteiger partial charge in [-0.05, 0) is 43.3 Å². The molecule has 33 heavy (non-hydrogen) atoms. The van der Waals surface area contributed by atoms with Crippen molar-refractivity contribution >= 4 is 44.9 Å². The molecule has 0 saturated carbocycles. The minimum Gasteiger partial charge on any atom is -0.495 e. The van der Waals surface area contributed by atoms with Crippen molar-refractivity contribution < 1.29 is 27.5 Å². The molecule has 0 fully saturated rings. The van der Waals surface area contributed by atoms with Crippen LogP contribution in [0.25, 0.3) is 0 Å². The molecule has 3 rings (SSSR count). The molecule has 0 spiro atoms. The van der Waals surface area contributed by atoms with Gasteiger partial charge >= 0.3 is 6.09 Å². The van der Waals surface area contributed by atoms with Gasteiger partial charge in [-0.15, -0.1) is 0 Å². The molecule has 0 radical (unpaired) electrons. The summed E-state index contributed by atoms with van der Waals surface area (Å²) in [6.07, 6.45) is -0.758. The zero-order valence-corrected chi connectivity index (χ0v) is 19.4. The lowest BCUT2D eigenvalue weighted by Gasteiger charge is -2.15. The van der Waals surface area contributed by atoms with Crippen LogP contribution in [0.15, 0.2) is 71.6 Å². The van der Waals surface area contributed by atoms with Crippen molar-refractivity contribution in [2.24, 2.45) is 0 Å². The first-order valence-corrected chi connectivity index (χ1v) is 11.6. The van der Waals surface area contributed by atoms with Gasteiger partial charge in [0, 0.05) is 16.1 Å². The topological polar surface area (TPSA) is 111 Å². The maximum atomic E-state index is 13.1. The van der Waals surface area contributed by atoms with Crippen molar-refractivity contribution in [3.63, 3.8) is 0 Å². The van der Waals surface area contributed by atoms with Gasteiger partial charge in [0.15, 0.2) is 5.78 Å². The van der Waals surface area contributed by atoms with Crippen LogP contribution in [0.5, 0.6) is 5.75 Å². The monoisotopic (exact) mass is 488 g/mol. The first kappa shape index (κ1) is 24.1. The Morgan fingerprint density at radius 1 is 0.970 bits per heavy atom.